The molecule has 0 fully saturated rings. The number of phenolic OH excluding ortho intramolecular Hbond substituents is 1. The number of halogens is 1. The Hall–Kier alpha value is -1.46. The van der Waals surface area contributed by atoms with Crippen molar-refractivity contribution in [3.8, 4) is 16.3 Å². The highest BCUT2D eigenvalue weighted by atomic mass is 32.1. The van der Waals surface area contributed by atoms with Crippen LogP contribution < -0.4 is 5.32 Å². The van der Waals surface area contributed by atoms with Crippen LogP contribution in [0.25, 0.3) is 10.6 Å². The summed E-state index contributed by atoms with van der Waals surface area (Å²) in [6.45, 7) is 2.03. The van der Waals surface area contributed by atoms with E-state index in [0.29, 0.717) is 10.6 Å². The number of benzene rings is 1. The van der Waals surface area contributed by atoms with Gasteiger partial charge < -0.3 is 10.4 Å². The van der Waals surface area contributed by atoms with Gasteiger partial charge in [-0.25, -0.2) is 9.37 Å². The molecule has 0 aliphatic carbocycles. The molecule has 0 aliphatic rings. The van der Waals surface area contributed by atoms with Crippen LogP contribution in [0.4, 0.5) is 4.39 Å². The lowest BCUT2D eigenvalue weighted by atomic mass is 10.2. The maximum atomic E-state index is 13.1. The highest BCUT2D eigenvalue weighted by Gasteiger charge is 2.10. The average molecular weight is 252 g/mol. The molecular formula is C12H13FN2OS. The van der Waals surface area contributed by atoms with Crippen LogP contribution in [0, 0.1) is 5.82 Å². The smallest absolute Gasteiger partial charge is 0.127 e. The topological polar surface area (TPSA) is 45.2 Å². The molecular weight excluding hydrogens is 239 g/mol. The van der Waals surface area contributed by atoms with Gasteiger partial charge in [-0.3, -0.25) is 0 Å². The molecule has 0 amide bonds. The quantitative estimate of drug-likeness (QED) is 0.882. The Balaban J connectivity index is 2.36. The third-order valence-electron chi connectivity index (χ3n) is 2.51. The van der Waals surface area contributed by atoms with Gasteiger partial charge in [-0.1, -0.05) is 0 Å². The summed E-state index contributed by atoms with van der Waals surface area (Å²) >= 11 is 1.48. The van der Waals surface area contributed by atoms with Gasteiger partial charge in [0.2, 0.25) is 0 Å². The third-order valence-corrected chi connectivity index (χ3v) is 3.74. The second-order valence-electron chi connectivity index (χ2n) is 3.78. The van der Waals surface area contributed by atoms with Crippen molar-refractivity contribution >= 4 is 11.3 Å². The molecule has 90 valence electrons. The van der Waals surface area contributed by atoms with E-state index in [4.69, 9.17) is 0 Å². The van der Waals surface area contributed by atoms with Crippen LogP contribution in [-0.4, -0.2) is 17.1 Å². The summed E-state index contributed by atoms with van der Waals surface area (Å²) in [5, 5.41) is 13.2. The van der Waals surface area contributed by atoms with E-state index in [-0.39, 0.29) is 11.8 Å². The average Bonchev–Trinajstić information content (AvgIpc) is 2.76. The Bertz CT molecular complexity index is 507. The zero-order valence-corrected chi connectivity index (χ0v) is 10.4. The molecule has 0 spiro atoms. The van der Waals surface area contributed by atoms with Crippen molar-refractivity contribution in [3.63, 3.8) is 0 Å². The number of nitrogens with zero attached hydrogens (tertiary/aromatic N) is 1. The van der Waals surface area contributed by atoms with Gasteiger partial charge in [0.15, 0.2) is 0 Å². The van der Waals surface area contributed by atoms with E-state index in [1.807, 2.05) is 14.0 Å². The van der Waals surface area contributed by atoms with Crippen molar-refractivity contribution in [1.29, 1.82) is 0 Å². The molecule has 1 aromatic carbocycles. The minimum Gasteiger partial charge on any atom is -0.508 e. The van der Waals surface area contributed by atoms with Crippen LogP contribution in [0.15, 0.2) is 24.4 Å². The summed E-state index contributed by atoms with van der Waals surface area (Å²) in [5.41, 5.74) is 0.599. The van der Waals surface area contributed by atoms with E-state index in [2.05, 4.69) is 10.3 Å². The van der Waals surface area contributed by atoms with Gasteiger partial charge in [0, 0.05) is 28.7 Å². The van der Waals surface area contributed by atoms with E-state index in [0.717, 1.165) is 10.9 Å². The summed E-state index contributed by atoms with van der Waals surface area (Å²) in [7, 11) is 1.87. The molecule has 2 rings (SSSR count). The Kier molecular flexibility index (Phi) is 3.40. The first kappa shape index (κ1) is 12.0. The fourth-order valence-electron chi connectivity index (χ4n) is 1.46. The Labute approximate surface area is 103 Å². The second kappa shape index (κ2) is 4.81. The molecule has 1 heterocycles. The first-order valence-electron chi connectivity index (χ1n) is 5.23. The number of hydrogen-bond donors (Lipinski definition) is 2. The Morgan fingerprint density at radius 3 is 2.82 bits per heavy atom. The zero-order chi connectivity index (χ0) is 12.4. The molecule has 0 radical (unpaired) electrons. The van der Waals surface area contributed by atoms with Crippen LogP contribution in [0.3, 0.4) is 0 Å². The predicted molar refractivity (Wildman–Crippen MR) is 66.6 cm³/mol. The summed E-state index contributed by atoms with van der Waals surface area (Å²) in [4.78, 5) is 5.31. The minimum absolute atomic E-state index is 0.0848. The van der Waals surface area contributed by atoms with E-state index < -0.39 is 5.82 Å². The third kappa shape index (κ3) is 2.62. The molecule has 2 aromatic rings. The molecule has 0 saturated carbocycles. The van der Waals surface area contributed by atoms with Gasteiger partial charge in [-0.05, 0) is 26.1 Å². The van der Waals surface area contributed by atoms with E-state index in [1.54, 1.807) is 6.20 Å². The van der Waals surface area contributed by atoms with Gasteiger partial charge >= 0.3 is 0 Å². The van der Waals surface area contributed by atoms with Gasteiger partial charge in [-0.2, -0.15) is 0 Å². The zero-order valence-electron chi connectivity index (χ0n) is 9.57. The van der Waals surface area contributed by atoms with Gasteiger partial charge in [0.25, 0.3) is 0 Å². The van der Waals surface area contributed by atoms with Gasteiger partial charge in [-0.15, -0.1) is 11.3 Å². The number of rotatable bonds is 3. The Morgan fingerprint density at radius 2 is 2.18 bits per heavy atom. The number of thiazole rings is 1. The predicted octanol–water partition coefficient (Wildman–Crippen LogP) is 2.94. The van der Waals surface area contributed by atoms with E-state index in [9.17, 15) is 9.50 Å². The molecule has 0 bridgehead atoms. The maximum absolute atomic E-state index is 13.1. The maximum Gasteiger partial charge on any atom is 0.127 e. The van der Waals surface area contributed by atoms with Gasteiger partial charge in [0.05, 0.1) is 0 Å². The Morgan fingerprint density at radius 1 is 1.41 bits per heavy atom. The molecule has 3 nitrogen and oxygen atoms in total. The first-order chi connectivity index (χ1) is 8.10. The number of aromatic nitrogens is 1. The standard InChI is InChI=1S/C12H13FN2OS/c1-7(14-2)11-6-15-12(17-11)8-3-9(13)5-10(16)4-8/h3-7,14,16H,1-2H3. The molecule has 1 unspecified atom stereocenters. The van der Waals surface area contributed by atoms with Crippen molar-refractivity contribution in [2.45, 2.75) is 13.0 Å². The lowest BCUT2D eigenvalue weighted by Crippen LogP contribution is -2.10. The van der Waals surface area contributed by atoms with Crippen LogP contribution >= 0.6 is 11.3 Å². The van der Waals surface area contributed by atoms with Crippen molar-refractivity contribution in [3.05, 3.63) is 35.1 Å². The molecule has 17 heavy (non-hydrogen) atoms. The largest absolute Gasteiger partial charge is 0.508 e. The molecule has 0 saturated heterocycles. The number of phenols is 1. The van der Waals surface area contributed by atoms with Crippen LogP contribution in [-0.2, 0) is 0 Å². The summed E-state index contributed by atoms with van der Waals surface area (Å²) in [6.07, 6.45) is 1.77. The summed E-state index contributed by atoms with van der Waals surface area (Å²) < 4.78 is 13.1. The molecule has 2 N–H and O–H groups in total. The second-order valence-corrected chi connectivity index (χ2v) is 4.84. The summed E-state index contributed by atoms with van der Waals surface area (Å²) in [6, 6.07) is 4.17. The highest BCUT2D eigenvalue weighted by Crippen LogP contribution is 2.30. The fourth-order valence-corrected chi connectivity index (χ4v) is 2.42. The van der Waals surface area contributed by atoms with Crippen LogP contribution in [0.5, 0.6) is 5.75 Å². The normalized spacial score (nSPS) is 12.6. The lowest BCUT2D eigenvalue weighted by molar-refractivity contribution is 0.469. The van der Waals surface area contributed by atoms with Crippen LogP contribution in [0.1, 0.15) is 17.8 Å². The number of aromatic hydroxyl groups is 1. The molecule has 1 aromatic heterocycles. The fraction of sp³-hybridized carbons (Fsp3) is 0.250. The summed E-state index contributed by atoms with van der Waals surface area (Å²) in [5.74, 6) is -0.545. The van der Waals surface area contributed by atoms with Crippen LogP contribution in [0.2, 0.25) is 0 Å². The van der Waals surface area contributed by atoms with Gasteiger partial charge in [0.1, 0.15) is 16.6 Å². The van der Waals surface area contributed by atoms with Crippen molar-refractivity contribution in [1.82, 2.24) is 10.3 Å². The number of nitrogens with one attached hydrogen (secondary N) is 1. The van der Waals surface area contributed by atoms with Crippen molar-refractivity contribution in [2.75, 3.05) is 7.05 Å². The monoisotopic (exact) mass is 252 g/mol. The van der Waals surface area contributed by atoms with E-state index in [1.165, 1.54) is 23.5 Å². The van der Waals surface area contributed by atoms with Crippen molar-refractivity contribution < 1.29 is 9.50 Å². The van der Waals surface area contributed by atoms with E-state index >= 15 is 0 Å². The minimum atomic E-state index is -0.460. The molecule has 5 heteroatoms. The molecule has 1 atom stereocenters. The number of hydrogen-bond acceptors (Lipinski definition) is 4. The van der Waals surface area contributed by atoms with Crippen molar-refractivity contribution in [2.24, 2.45) is 0 Å². The molecule has 0 aliphatic heterocycles. The first-order valence-corrected chi connectivity index (χ1v) is 6.04. The lowest BCUT2D eigenvalue weighted by Gasteiger charge is -2.04. The highest BCUT2D eigenvalue weighted by molar-refractivity contribution is 7.15. The SMILES string of the molecule is CNC(C)c1cnc(-c2cc(O)cc(F)c2)s1.